The van der Waals surface area contributed by atoms with Crippen LogP contribution in [0.5, 0.6) is 0 Å². The van der Waals surface area contributed by atoms with E-state index in [1.807, 2.05) is 24.3 Å². The number of fused-ring (bicyclic) bond motifs is 2. The molecule has 3 aromatic rings. The molecule has 5 N–H and O–H groups in total. The quantitative estimate of drug-likeness (QED) is 0.362. The predicted octanol–water partition coefficient (Wildman–Crippen LogP) is 1.45. The summed E-state index contributed by atoms with van der Waals surface area (Å²) in [5, 5.41) is 32.5. The molecule has 2 amide bonds. The Labute approximate surface area is 187 Å². The van der Waals surface area contributed by atoms with E-state index in [2.05, 4.69) is 10.3 Å². The van der Waals surface area contributed by atoms with Gasteiger partial charge < -0.3 is 30.5 Å². The maximum absolute atomic E-state index is 13.0. The van der Waals surface area contributed by atoms with Crippen molar-refractivity contribution in [2.24, 2.45) is 0 Å². The number of H-pyrrole nitrogens is 1. The Bertz CT molecular complexity index is 1080. The lowest BCUT2D eigenvalue weighted by molar-refractivity contribution is -0.145. The molecule has 4 rings (SSSR count). The number of nitrogens with zero attached hydrogens (tertiary/aromatic N) is 1. The van der Waals surface area contributed by atoms with Crippen molar-refractivity contribution in [3.05, 3.63) is 57.6 Å². The summed E-state index contributed by atoms with van der Waals surface area (Å²) in [6.45, 7) is -1.09. The minimum absolute atomic E-state index is 0.0437. The summed E-state index contributed by atoms with van der Waals surface area (Å²) in [6, 6.07) is 9.93. The van der Waals surface area contributed by atoms with Crippen LogP contribution >= 0.6 is 22.9 Å². The van der Waals surface area contributed by atoms with Gasteiger partial charge in [0.1, 0.15) is 10.5 Å². The normalized spacial score (nSPS) is 18.7. The number of aromatic nitrogens is 1. The lowest BCUT2D eigenvalue weighted by atomic mass is 10.0. The molecule has 31 heavy (non-hydrogen) atoms. The molecular formula is C21H22ClN3O5S. The number of halogens is 1. The standard InChI is InChI=1S/C21H22ClN3O5S/c22-17-9-12-8-15(24-20(12)31-17)19(29)23-14-7-11-3-1-2-4-13(11)18(14)25(5-6-26)21(30)16(28)10-27/h1-4,8-9,14,16,18,24,26-28H,5-7,10H2,(H,23,29)/t14-,16+,18+/m1/s1. The summed E-state index contributed by atoms with van der Waals surface area (Å²) < 4.78 is 0.625. The first-order chi connectivity index (χ1) is 14.9. The fourth-order valence-electron chi connectivity index (χ4n) is 4.11. The lowest BCUT2D eigenvalue weighted by Gasteiger charge is -2.34. The third-order valence-corrected chi connectivity index (χ3v) is 6.65. The number of thiophene rings is 1. The van der Waals surface area contributed by atoms with Gasteiger partial charge in [-0.3, -0.25) is 9.59 Å². The van der Waals surface area contributed by atoms with Gasteiger partial charge in [0.05, 0.1) is 29.6 Å². The van der Waals surface area contributed by atoms with Gasteiger partial charge in [0.2, 0.25) is 0 Å². The van der Waals surface area contributed by atoms with Gasteiger partial charge in [-0.15, -0.1) is 11.3 Å². The molecule has 1 aliphatic carbocycles. The number of hydrogen-bond acceptors (Lipinski definition) is 6. The zero-order valence-corrected chi connectivity index (χ0v) is 18.0. The summed E-state index contributed by atoms with van der Waals surface area (Å²) in [6.07, 6.45) is -1.12. The molecule has 0 spiro atoms. The van der Waals surface area contributed by atoms with Crippen LogP contribution in [0.3, 0.4) is 0 Å². The largest absolute Gasteiger partial charge is 0.395 e. The second kappa shape index (κ2) is 8.97. The number of aromatic amines is 1. The van der Waals surface area contributed by atoms with Crippen molar-refractivity contribution in [1.29, 1.82) is 0 Å². The molecule has 2 aromatic heterocycles. The van der Waals surface area contributed by atoms with Crippen molar-refractivity contribution in [1.82, 2.24) is 15.2 Å². The van der Waals surface area contributed by atoms with E-state index in [0.29, 0.717) is 16.5 Å². The van der Waals surface area contributed by atoms with Crippen LogP contribution in [0.15, 0.2) is 36.4 Å². The maximum Gasteiger partial charge on any atom is 0.268 e. The van der Waals surface area contributed by atoms with Crippen molar-refractivity contribution in [3.63, 3.8) is 0 Å². The van der Waals surface area contributed by atoms with Crippen LogP contribution in [0.25, 0.3) is 10.2 Å². The number of carbonyl (C=O) groups is 2. The SMILES string of the molecule is O=C(N[C@@H]1Cc2ccccc2[C@@H]1N(CCO)C(=O)[C@@H](O)CO)c1cc2cc(Cl)sc2[nH]1. The number of aliphatic hydroxyl groups excluding tert-OH is 3. The molecule has 0 unspecified atom stereocenters. The number of aliphatic hydroxyl groups is 3. The van der Waals surface area contributed by atoms with Gasteiger partial charge in [-0.1, -0.05) is 35.9 Å². The average molecular weight is 464 g/mol. The second-order valence-electron chi connectivity index (χ2n) is 7.40. The number of amides is 2. The van der Waals surface area contributed by atoms with Crippen molar-refractivity contribution in [3.8, 4) is 0 Å². The molecular weight excluding hydrogens is 442 g/mol. The van der Waals surface area contributed by atoms with Crippen LogP contribution in [0, 0.1) is 0 Å². The second-order valence-corrected chi connectivity index (χ2v) is 9.08. The summed E-state index contributed by atoms with van der Waals surface area (Å²) in [5.41, 5.74) is 2.17. The Morgan fingerprint density at radius 2 is 2.06 bits per heavy atom. The minimum Gasteiger partial charge on any atom is -0.395 e. The van der Waals surface area contributed by atoms with E-state index >= 15 is 0 Å². The molecule has 10 heteroatoms. The third-order valence-electron chi connectivity index (χ3n) is 5.45. The van der Waals surface area contributed by atoms with Crippen molar-refractivity contribution in [2.45, 2.75) is 24.6 Å². The van der Waals surface area contributed by atoms with Gasteiger partial charge in [-0.05, 0) is 29.7 Å². The Kier molecular flexibility index (Phi) is 6.31. The maximum atomic E-state index is 13.0. The predicted molar refractivity (Wildman–Crippen MR) is 117 cm³/mol. The highest BCUT2D eigenvalue weighted by molar-refractivity contribution is 7.22. The van der Waals surface area contributed by atoms with E-state index in [-0.39, 0.29) is 19.1 Å². The van der Waals surface area contributed by atoms with Crippen LogP contribution in [0.1, 0.15) is 27.7 Å². The molecule has 0 radical (unpaired) electrons. The molecule has 164 valence electrons. The Hall–Kier alpha value is -2.43. The summed E-state index contributed by atoms with van der Waals surface area (Å²) in [5.74, 6) is -1.03. The Morgan fingerprint density at radius 1 is 1.29 bits per heavy atom. The molecule has 1 aromatic carbocycles. The molecule has 0 saturated heterocycles. The molecule has 8 nitrogen and oxygen atoms in total. The molecule has 0 bridgehead atoms. The first kappa shape index (κ1) is 21.8. The van der Waals surface area contributed by atoms with Gasteiger partial charge in [0.15, 0.2) is 6.10 Å². The highest BCUT2D eigenvalue weighted by atomic mass is 35.5. The van der Waals surface area contributed by atoms with Crippen molar-refractivity contribution < 1.29 is 24.9 Å². The van der Waals surface area contributed by atoms with E-state index in [4.69, 9.17) is 11.6 Å². The van der Waals surface area contributed by atoms with E-state index < -0.39 is 30.7 Å². The van der Waals surface area contributed by atoms with Crippen LogP contribution in [-0.2, 0) is 11.2 Å². The topological polar surface area (TPSA) is 126 Å². The summed E-state index contributed by atoms with van der Waals surface area (Å²) in [4.78, 5) is 30.9. The van der Waals surface area contributed by atoms with Gasteiger partial charge in [0.25, 0.3) is 11.8 Å². The Morgan fingerprint density at radius 3 is 2.77 bits per heavy atom. The van der Waals surface area contributed by atoms with Gasteiger partial charge in [-0.2, -0.15) is 0 Å². The number of benzene rings is 1. The zero-order chi connectivity index (χ0) is 22.1. The van der Waals surface area contributed by atoms with Crippen molar-refractivity contribution >= 4 is 45.0 Å². The number of nitrogens with one attached hydrogen (secondary N) is 2. The molecule has 2 heterocycles. The first-order valence-corrected chi connectivity index (χ1v) is 11.0. The first-order valence-electron chi connectivity index (χ1n) is 9.80. The summed E-state index contributed by atoms with van der Waals surface area (Å²) in [7, 11) is 0. The Balaban J connectivity index is 1.63. The average Bonchev–Trinajstić information content (AvgIpc) is 3.41. The van der Waals surface area contributed by atoms with E-state index in [1.165, 1.54) is 16.2 Å². The van der Waals surface area contributed by atoms with Gasteiger partial charge in [0, 0.05) is 11.9 Å². The van der Waals surface area contributed by atoms with Crippen LogP contribution < -0.4 is 5.32 Å². The summed E-state index contributed by atoms with van der Waals surface area (Å²) >= 11 is 7.34. The fourth-order valence-corrected chi connectivity index (χ4v) is 5.24. The van der Waals surface area contributed by atoms with Gasteiger partial charge in [-0.25, -0.2) is 0 Å². The van der Waals surface area contributed by atoms with E-state index in [0.717, 1.165) is 21.3 Å². The molecule has 0 fully saturated rings. The van der Waals surface area contributed by atoms with Crippen LogP contribution in [-0.4, -0.2) is 68.9 Å². The smallest absolute Gasteiger partial charge is 0.268 e. The minimum atomic E-state index is -1.60. The van der Waals surface area contributed by atoms with Crippen molar-refractivity contribution in [2.75, 3.05) is 19.8 Å². The fraction of sp³-hybridized carbons (Fsp3) is 0.333. The molecule has 0 saturated carbocycles. The monoisotopic (exact) mass is 463 g/mol. The number of carbonyl (C=O) groups excluding carboxylic acids is 2. The molecule has 0 aliphatic heterocycles. The zero-order valence-electron chi connectivity index (χ0n) is 16.4. The van der Waals surface area contributed by atoms with Crippen LogP contribution in [0.2, 0.25) is 4.34 Å². The lowest BCUT2D eigenvalue weighted by Crippen LogP contribution is -2.50. The highest BCUT2D eigenvalue weighted by Gasteiger charge is 2.40. The van der Waals surface area contributed by atoms with Gasteiger partial charge >= 0.3 is 0 Å². The highest BCUT2D eigenvalue weighted by Crippen LogP contribution is 2.37. The molecule has 1 aliphatic rings. The molecule has 3 atom stereocenters. The van der Waals surface area contributed by atoms with Crippen LogP contribution in [0.4, 0.5) is 0 Å². The number of rotatable bonds is 7. The van der Waals surface area contributed by atoms with E-state index in [9.17, 15) is 24.9 Å². The third kappa shape index (κ3) is 4.19. The number of hydrogen-bond donors (Lipinski definition) is 5. The van der Waals surface area contributed by atoms with E-state index in [1.54, 1.807) is 12.1 Å².